The Labute approximate surface area is 123 Å². The number of alkyl halides is 1. The molecule has 2 aromatic rings. The van der Waals surface area contributed by atoms with Gasteiger partial charge < -0.3 is 4.57 Å². The van der Waals surface area contributed by atoms with E-state index in [1.54, 1.807) is 0 Å². The maximum Gasteiger partial charge on any atom is 0.160 e. The second kappa shape index (κ2) is 5.39. The zero-order chi connectivity index (χ0) is 12.5. The molecule has 1 unspecified atom stereocenters. The van der Waals surface area contributed by atoms with E-state index in [1.807, 2.05) is 24.0 Å². The van der Waals surface area contributed by atoms with Gasteiger partial charge >= 0.3 is 0 Å². The van der Waals surface area contributed by atoms with Gasteiger partial charge in [0.25, 0.3) is 0 Å². The standard InChI is InChI=1S/C12H13BrClN3S/c13-8-5-10-12(15-6-8)17(9-2-4-18-7-9)11(16-10)1-3-14/h5-6,9H,1-4,7H2. The molecule has 96 valence electrons. The summed E-state index contributed by atoms with van der Waals surface area (Å²) in [5, 5.41) is 0. The van der Waals surface area contributed by atoms with E-state index in [0.29, 0.717) is 11.9 Å². The lowest BCUT2D eigenvalue weighted by Crippen LogP contribution is -2.12. The number of aromatic nitrogens is 3. The molecule has 3 rings (SSSR count). The van der Waals surface area contributed by atoms with E-state index in [2.05, 4.69) is 30.5 Å². The first-order valence-electron chi connectivity index (χ1n) is 5.95. The van der Waals surface area contributed by atoms with Gasteiger partial charge in [-0.2, -0.15) is 11.8 Å². The van der Waals surface area contributed by atoms with Gasteiger partial charge in [0.1, 0.15) is 11.3 Å². The van der Waals surface area contributed by atoms with Crippen LogP contribution >= 0.6 is 39.3 Å². The molecule has 2 aromatic heterocycles. The van der Waals surface area contributed by atoms with Crippen LogP contribution in [-0.2, 0) is 6.42 Å². The predicted molar refractivity (Wildman–Crippen MR) is 80.6 cm³/mol. The minimum absolute atomic E-state index is 0.520. The number of halogens is 2. The Kier molecular flexibility index (Phi) is 3.82. The molecule has 0 N–H and O–H groups in total. The van der Waals surface area contributed by atoms with Crippen LogP contribution in [0.15, 0.2) is 16.7 Å². The van der Waals surface area contributed by atoms with Crippen molar-refractivity contribution in [3.63, 3.8) is 0 Å². The summed E-state index contributed by atoms with van der Waals surface area (Å²) >= 11 is 11.3. The quantitative estimate of drug-likeness (QED) is 0.795. The third-order valence-corrected chi connectivity index (χ3v) is 4.93. The molecular formula is C12H13BrClN3S. The molecule has 0 radical (unpaired) electrons. The summed E-state index contributed by atoms with van der Waals surface area (Å²) in [6, 6.07) is 2.55. The molecule has 1 aliphatic rings. The van der Waals surface area contributed by atoms with Crippen molar-refractivity contribution in [1.29, 1.82) is 0 Å². The van der Waals surface area contributed by atoms with Gasteiger partial charge in [-0.15, -0.1) is 11.6 Å². The number of hydrogen-bond donors (Lipinski definition) is 0. The lowest BCUT2D eigenvalue weighted by Gasteiger charge is -2.14. The molecule has 0 amide bonds. The Hall–Kier alpha value is -0.260. The van der Waals surface area contributed by atoms with Gasteiger partial charge in [0, 0.05) is 34.8 Å². The third kappa shape index (κ3) is 2.28. The lowest BCUT2D eigenvalue weighted by molar-refractivity contribution is 0.548. The highest BCUT2D eigenvalue weighted by Gasteiger charge is 2.23. The smallest absolute Gasteiger partial charge is 0.160 e. The first kappa shape index (κ1) is 12.8. The molecular weight excluding hydrogens is 334 g/mol. The topological polar surface area (TPSA) is 30.7 Å². The highest BCUT2D eigenvalue weighted by molar-refractivity contribution is 9.10. The zero-order valence-corrected chi connectivity index (χ0v) is 12.9. The van der Waals surface area contributed by atoms with Gasteiger partial charge in [-0.25, -0.2) is 9.97 Å². The summed E-state index contributed by atoms with van der Waals surface area (Å²) in [5.74, 6) is 4.04. The second-order valence-electron chi connectivity index (χ2n) is 4.35. The molecule has 3 nitrogen and oxygen atoms in total. The van der Waals surface area contributed by atoms with Gasteiger partial charge in [-0.3, -0.25) is 0 Å². The van der Waals surface area contributed by atoms with E-state index in [-0.39, 0.29) is 0 Å². The largest absolute Gasteiger partial charge is 0.309 e. The van der Waals surface area contributed by atoms with Crippen LogP contribution in [0.25, 0.3) is 11.2 Å². The fourth-order valence-corrected chi connectivity index (χ4v) is 4.06. The van der Waals surface area contributed by atoms with Crippen LogP contribution in [0, 0.1) is 0 Å². The molecule has 0 bridgehead atoms. The van der Waals surface area contributed by atoms with Crippen molar-refractivity contribution in [3.05, 3.63) is 22.6 Å². The number of thioether (sulfide) groups is 1. The molecule has 1 fully saturated rings. The van der Waals surface area contributed by atoms with Gasteiger partial charge in [0.2, 0.25) is 0 Å². The van der Waals surface area contributed by atoms with Crippen molar-refractivity contribution in [3.8, 4) is 0 Å². The van der Waals surface area contributed by atoms with Crippen LogP contribution in [0.5, 0.6) is 0 Å². The van der Waals surface area contributed by atoms with Crippen LogP contribution in [0.4, 0.5) is 0 Å². The highest BCUT2D eigenvalue weighted by Crippen LogP contribution is 2.32. The van der Waals surface area contributed by atoms with Crippen molar-refractivity contribution >= 4 is 50.5 Å². The van der Waals surface area contributed by atoms with E-state index in [4.69, 9.17) is 11.6 Å². The number of nitrogens with zero attached hydrogens (tertiary/aromatic N) is 3. The van der Waals surface area contributed by atoms with Crippen molar-refractivity contribution < 1.29 is 0 Å². The highest BCUT2D eigenvalue weighted by atomic mass is 79.9. The fraction of sp³-hybridized carbons (Fsp3) is 0.500. The summed E-state index contributed by atoms with van der Waals surface area (Å²) in [5.41, 5.74) is 1.95. The molecule has 0 aromatic carbocycles. The SMILES string of the molecule is ClCCc1nc2cc(Br)cnc2n1C1CCSC1. The average molecular weight is 347 g/mol. The molecule has 18 heavy (non-hydrogen) atoms. The molecule has 0 spiro atoms. The Morgan fingerprint density at radius 2 is 2.44 bits per heavy atom. The van der Waals surface area contributed by atoms with Crippen molar-refractivity contribution in [2.45, 2.75) is 18.9 Å². The number of rotatable bonds is 3. The molecule has 3 heterocycles. The van der Waals surface area contributed by atoms with E-state index < -0.39 is 0 Å². The number of pyridine rings is 1. The summed E-state index contributed by atoms with van der Waals surface area (Å²) < 4.78 is 3.27. The van der Waals surface area contributed by atoms with E-state index in [1.165, 1.54) is 12.2 Å². The van der Waals surface area contributed by atoms with Gasteiger partial charge in [0.15, 0.2) is 5.65 Å². The number of fused-ring (bicyclic) bond motifs is 1. The van der Waals surface area contributed by atoms with Crippen LogP contribution in [-0.4, -0.2) is 31.9 Å². The normalized spacial score (nSPS) is 19.8. The number of aryl methyl sites for hydroxylation is 1. The van der Waals surface area contributed by atoms with Gasteiger partial charge in [0.05, 0.1) is 0 Å². The molecule has 6 heteroatoms. The second-order valence-corrected chi connectivity index (χ2v) is 6.79. The maximum absolute atomic E-state index is 5.89. The first-order chi connectivity index (χ1) is 8.79. The number of imidazole rings is 1. The minimum atomic E-state index is 0.520. The first-order valence-corrected chi connectivity index (χ1v) is 8.44. The maximum atomic E-state index is 5.89. The summed E-state index contributed by atoms with van der Waals surface area (Å²) in [4.78, 5) is 9.21. The fourth-order valence-electron chi connectivity index (χ4n) is 2.37. The lowest BCUT2D eigenvalue weighted by atomic mass is 10.2. The Morgan fingerprint density at radius 3 is 3.17 bits per heavy atom. The van der Waals surface area contributed by atoms with Crippen LogP contribution in [0.1, 0.15) is 18.3 Å². The molecule has 1 saturated heterocycles. The van der Waals surface area contributed by atoms with Crippen molar-refractivity contribution in [1.82, 2.24) is 14.5 Å². The summed E-state index contributed by atoms with van der Waals surface area (Å²) in [6.07, 6.45) is 3.84. The van der Waals surface area contributed by atoms with E-state index >= 15 is 0 Å². The van der Waals surface area contributed by atoms with Crippen molar-refractivity contribution in [2.75, 3.05) is 17.4 Å². The monoisotopic (exact) mass is 345 g/mol. The van der Waals surface area contributed by atoms with Crippen LogP contribution in [0.3, 0.4) is 0 Å². The third-order valence-electron chi connectivity index (χ3n) is 3.16. The number of hydrogen-bond acceptors (Lipinski definition) is 3. The summed E-state index contributed by atoms with van der Waals surface area (Å²) in [7, 11) is 0. The zero-order valence-electron chi connectivity index (χ0n) is 9.77. The Morgan fingerprint density at radius 1 is 1.56 bits per heavy atom. The molecule has 1 atom stereocenters. The molecule has 0 aliphatic carbocycles. The van der Waals surface area contributed by atoms with Crippen molar-refractivity contribution in [2.24, 2.45) is 0 Å². The van der Waals surface area contributed by atoms with Crippen LogP contribution in [0.2, 0.25) is 0 Å². The van der Waals surface area contributed by atoms with Gasteiger partial charge in [-0.05, 0) is 34.2 Å². The van der Waals surface area contributed by atoms with E-state index in [9.17, 15) is 0 Å². The minimum Gasteiger partial charge on any atom is -0.309 e. The molecule has 0 saturated carbocycles. The predicted octanol–water partition coefficient (Wildman–Crippen LogP) is 3.65. The van der Waals surface area contributed by atoms with Gasteiger partial charge in [-0.1, -0.05) is 0 Å². The Balaban J connectivity index is 2.14. The summed E-state index contributed by atoms with van der Waals surface area (Å²) in [6.45, 7) is 0. The average Bonchev–Trinajstić information content (AvgIpc) is 2.95. The van der Waals surface area contributed by atoms with Crippen LogP contribution < -0.4 is 0 Å². The van der Waals surface area contributed by atoms with E-state index in [0.717, 1.165) is 33.6 Å². The molecule has 1 aliphatic heterocycles. The Bertz CT molecular complexity index is 566.